The molecule has 0 radical (unpaired) electrons. The van der Waals surface area contributed by atoms with E-state index in [9.17, 15) is 9.59 Å². The first-order chi connectivity index (χ1) is 15.5. The summed E-state index contributed by atoms with van der Waals surface area (Å²) in [6.07, 6.45) is 1.80. The van der Waals surface area contributed by atoms with E-state index in [1.165, 1.54) is 7.05 Å². The summed E-state index contributed by atoms with van der Waals surface area (Å²) in [5.74, 6) is 0.0581. The fourth-order valence-corrected chi connectivity index (χ4v) is 4.48. The molecule has 0 fully saturated rings. The number of carbonyl (C=O) groups excluding carboxylic acids is 2. The molecule has 32 heavy (non-hydrogen) atoms. The molecule has 0 saturated heterocycles. The third-order valence-electron chi connectivity index (χ3n) is 5.45. The quantitative estimate of drug-likeness (QED) is 0.540. The molecule has 2 N–H and O–H groups in total. The first kappa shape index (κ1) is 21.9. The Morgan fingerprint density at radius 2 is 2.03 bits per heavy atom. The number of carbonyl (C=O) groups is 2. The van der Waals surface area contributed by atoms with Crippen LogP contribution in [0.5, 0.6) is 0 Å². The highest BCUT2D eigenvalue weighted by molar-refractivity contribution is 7.09. The number of nitrogens with one attached hydrogen (secondary N) is 2. The van der Waals surface area contributed by atoms with Gasteiger partial charge in [0.05, 0.1) is 12.2 Å². The van der Waals surface area contributed by atoms with Crippen LogP contribution in [0.25, 0.3) is 11.4 Å². The van der Waals surface area contributed by atoms with Gasteiger partial charge in [-0.3, -0.25) is 14.5 Å². The van der Waals surface area contributed by atoms with Crippen molar-refractivity contribution in [3.05, 3.63) is 70.5 Å². The van der Waals surface area contributed by atoms with Crippen molar-refractivity contribution in [2.45, 2.75) is 32.6 Å². The number of amides is 2. The van der Waals surface area contributed by atoms with Crippen LogP contribution in [0, 0.1) is 0 Å². The van der Waals surface area contributed by atoms with Crippen LogP contribution in [0.15, 0.2) is 54.1 Å². The lowest BCUT2D eigenvalue weighted by atomic mass is 10.1. The molecule has 2 amide bonds. The van der Waals surface area contributed by atoms with Crippen molar-refractivity contribution in [1.29, 1.82) is 0 Å². The van der Waals surface area contributed by atoms with Crippen LogP contribution in [0.2, 0.25) is 0 Å². The molecule has 1 aliphatic heterocycles. The molecule has 3 heterocycles. The zero-order valence-electron chi connectivity index (χ0n) is 18.2. The molecular weight excluding hydrogens is 424 g/mol. The maximum absolute atomic E-state index is 13.3. The number of hydrogen-bond donors (Lipinski definition) is 2. The number of benzene rings is 1. The predicted molar refractivity (Wildman–Crippen MR) is 124 cm³/mol. The average molecular weight is 451 g/mol. The van der Waals surface area contributed by atoms with Crippen LogP contribution < -0.4 is 10.6 Å². The minimum Gasteiger partial charge on any atom is -0.357 e. The molecule has 1 aromatic carbocycles. The second-order valence-electron chi connectivity index (χ2n) is 7.75. The Kier molecular flexibility index (Phi) is 6.48. The largest absolute Gasteiger partial charge is 0.357 e. The third-order valence-corrected chi connectivity index (χ3v) is 6.22. The van der Waals surface area contributed by atoms with Gasteiger partial charge in [-0.2, -0.15) is 0 Å². The number of fused-ring (bicyclic) bond motifs is 1. The zero-order chi connectivity index (χ0) is 22.7. The Morgan fingerprint density at radius 1 is 1.25 bits per heavy atom. The number of hydrogen-bond acceptors (Lipinski definition) is 6. The van der Waals surface area contributed by atoms with Gasteiger partial charge in [0.2, 0.25) is 5.91 Å². The Hall–Kier alpha value is -3.30. The molecule has 4 rings (SSSR count). The number of aromatic nitrogens is 3. The van der Waals surface area contributed by atoms with E-state index < -0.39 is 6.04 Å². The second-order valence-corrected chi connectivity index (χ2v) is 8.73. The molecule has 1 aliphatic rings. The van der Waals surface area contributed by atoms with Crippen molar-refractivity contribution in [3.8, 4) is 11.4 Å². The first-order valence-corrected chi connectivity index (χ1v) is 11.3. The summed E-state index contributed by atoms with van der Waals surface area (Å²) < 4.78 is 2.11. The maximum atomic E-state index is 13.3. The summed E-state index contributed by atoms with van der Waals surface area (Å²) in [7, 11) is 1.53. The lowest BCUT2D eigenvalue weighted by Crippen LogP contribution is -2.46. The van der Waals surface area contributed by atoms with E-state index in [2.05, 4.69) is 31.7 Å². The van der Waals surface area contributed by atoms with Crippen molar-refractivity contribution in [3.63, 3.8) is 0 Å². The van der Waals surface area contributed by atoms with Gasteiger partial charge in [-0.05, 0) is 12.5 Å². The van der Waals surface area contributed by atoms with E-state index in [0.29, 0.717) is 24.4 Å². The summed E-state index contributed by atoms with van der Waals surface area (Å²) in [4.78, 5) is 36.9. The average Bonchev–Trinajstić information content (AvgIpc) is 3.45. The van der Waals surface area contributed by atoms with Gasteiger partial charge in [0.15, 0.2) is 5.69 Å². The van der Waals surface area contributed by atoms with Gasteiger partial charge < -0.3 is 15.2 Å². The van der Waals surface area contributed by atoms with Gasteiger partial charge in [-0.15, -0.1) is 11.3 Å². The highest BCUT2D eigenvalue weighted by atomic mass is 32.1. The van der Waals surface area contributed by atoms with Gasteiger partial charge in [-0.1, -0.05) is 36.9 Å². The molecule has 0 saturated carbocycles. The topological polar surface area (TPSA) is 92.2 Å². The van der Waals surface area contributed by atoms with Gasteiger partial charge in [0.1, 0.15) is 16.9 Å². The lowest BCUT2D eigenvalue weighted by Gasteiger charge is -2.28. The lowest BCUT2D eigenvalue weighted by molar-refractivity contribution is -0.121. The summed E-state index contributed by atoms with van der Waals surface area (Å²) in [5.41, 5.74) is 2.67. The zero-order valence-corrected chi connectivity index (χ0v) is 19.0. The van der Waals surface area contributed by atoms with Crippen molar-refractivity contribution in [2.24, 2.45) is 0 Å². The van der Waals surface area contributed by atoms with Gasteiger partial charge in [0.25, 0.3) is 5.91 Å². The number of nitrogens with zero attached hydrogens (tertiary/aromatic N) is 4. The van der Waals surface area contributed by atoms with Crippen LogP contribution in [0.4, 0.5) is 0 Å². The van der Waals surface area contributed by atoms with Crippen molar-refractivity contribution < 1.29 is 9.59 Å². The van der Waals surface area contributed by atoms with Gasteiger partial charge >= 0.3 is 0 Å². The number of likely N-dealkylation sites (N-methyl/N-ethyl adjacent to an activating group) is 1. The number of thiazole rings is 1. The fourth-order valence-electron chi connectivity index (χ4n) is 3.82. The number of rotatable bonds is 7. The van der Waals surface area contributed by atoms with Crippen molar-refractivity contribution in [2.75, 3.05) is 13.6 Å². The van der Waals surface area contributed by atoms with Crippen molar-refractivity contribution >= 4 is 23.2 Å². The highest BCUT2D eigenvalue weighted by Crippen LogP contribution is 2.27. The van der Waals surface area contributed by atoms with Crippen molar-refractivity contribution in [1.82, 2.24) is 30.1 Å². The van der Waals surface area contributed by atoms with E-state index in [0.717, 1.165) is 35.2 Å². The smallest absolute Gasteiger partial charge is 0.272 e. The molecule has 166 valence electrons. The monoisotopic (exact) mass is 450 g/mol. The molecule has 3 aromatic rings. The van der Waals surface area contributed by atoms with Gasteiger partial charge in [0, 0.05) is 43.8 Å². The first-order valence-electron chi connectivity index (χ1n) is 10.4. The van der Waals surface area contributed by atoms with E-state index in [4.69, 9.17) is 4.98 Å². The fraction of sp³-hybridized carbons (Fsp3) is 0.304. The minimum absolute atomic E-state index is 0.312. The van der Waals surface area contributed by atoms with Crippen LogP contribution in [-0.2, 0) is 24.4 Å². The van der Waals surface area contributed by atoms with E-state index >= 15 is 0 Å². The summed E-state index contributed by atoms with van der Waals surface area (Å²) >= 11 is 1.62. The Balaban J connectivity index is 1.68. The molecule has 0 spiro atoms. The summed E-state index contributed by atoms with van der Waals surface area (Å²) in [5, 5.41) is 8.38. The Bertz CT molecular complexity index is 1120. The molecule has 0 bridgehead atoms. The molecule has 2 aromatic heterocycles. The SMILES string of the molecule is C=C(C)[C@H](NC(=O)c1nc(-c2ccccc2)n2c1CN(Cc1nccs1)CC2)C(=O)NC. The molecule has 8 nitrogen and oxygen atoms in total. The predicted octanol–water partition coefficient (Wildman–Crippen LogP) is 2.44. The van der Waals surface area contributed by atoms with E-state index in [-0.39, 0.29) is 11.8 Å². The maximum Gasteiger partial charge on any atom is 0.272 e. The molecule has 0 unspecified atom stereocenters. The highest BCUT2D eigenvalue weighted by Gasteiger charge is 2.30. The molecule has 1 atom stereocenters. The normalized spacial score (nSPS) is 14.4. The Morgan fingerprint density at radius 3 is 2.69 bits per heavy atom. The number of imidazole rings is 1. The van der Waals surface area contributed by atoms with Crippen LogP contribution in [-0.4, -0.2) is 50.9 Å². The van der Waals surface area contributed by atoms with E-state index in [1.807, 2.05) is 35.7 Å². The third kappa shape index (κ3) is 4.49. The van der Waals surface area contributed by atoms with Crippen LogP contribution in [0.1, 0.15) is 28.1 Å². The standard InChI is InChI=1S/C23H26N6O2S/c1-15(2)19(22(30)24-3)27-23(31)20-17-13-28(14-18-25-9-12-32-18)10-11-29(17)21(26-20)16-7-5-4-6-8-16/h4-9,12,19H,1,10-11,13-14H2,2-3H3,(H,24,30)(H,27,31)/t19-/m0/s1. The molecule has 9 heteroatoms. The summed E-state index contributed by atoms with van der Waals surface area (Å²) in [6.45, 7) is 8.40. The minimum atomic E-state index is -0.819. The molecule has 0 aliphatic carbocycles. The van der Waals surface area contributed by atoms with E-state index in [1.54, 1.807) is 24.5 Å². The Labute approximate surface area is 191 Å². The van der Waals surface area contributed by atoms with Gasteiger partial charge in [-0.25, -0.2) is 9.97 Å². The van der Waals surface area contributed by atoms with Crippen LogP contribution >= 0.6 is 11.3 Å². The molecular formula is C23H26N6O2S. The second kappa shape index (κ2) is 9.46. The van der Waals surface area contributed by atoms with Crippen LogP contribution in [0.3, 0.4) is 0 Å². The summed E-state index contributed by atoms with van der Waals surface area (Å²) in [6, 6.07) is 9.02.